The number of benzene rings is 1. The second-order valence-corrected chi connectivity index (χ2v) is 4.80. The molecule has 1 aromatic rings. The molecular weight excluding hydrogens is 220 g/mol. The molecule has 1 aromatic carbocycles. The number of allylic oxidation sites excluding steroid dienone is 2. The van der Waals surface area contributed by atoms with Crippen molar-refractivity contribution in [1.29, 1.82) is 0 Å². The van der Waals surface area contributed by atoms with Crippen LogP contribution in [0.3, 0.4) is 0 Å². The average Bonchev–Trinajstić information content (AvgIpc) is 2.77. The highest BCUT2D eigenvalue weighted by Crippen LogP contribution is 2.35. The molecule has 0 saturated carbocycles. The normalized spacial score (nSPS) is 15.3. The van der Waals surface area contributed by atoms with E-state index in [1.54, 1.807) is 0 Å². The lowest BCUT2D eigenvalue weighted by Gasteiger charge is -2.09. The summed E-state index contributed by atoms with van der Waals surface area (Å²) in [4.78, 5) is 12.1. The van der Waals surface area contributed by atoms with Crippen molar-refractivity contribution in [2.45, 2.75) is 39.0 Å². The van der Waals surface area contributed by atoms with Crippen molar-refractivity contribution >= 4 is 17.4 Å². The number of ketones is 1. The van der Waals surface area contributed by atoms with Crippen LogP contribution < -0.4 is 0 Å². The Morgan fingerprint density at radius 3 is 2.78 bits per heavy atom. The molecule has 0 aliphatic heterocycles. The summed E-state index contributed by atoms with van der Waals surface area (Å²) in [7, 11) is 0. The van der Waals surface area contributed by atoms with Gasteiger partial charge in [-0.3, -0.25) is 4.79 Å². The molecule has 0 atom stereocenters. The number of unbranched alkanes of at least 4 members (excludes halogenated alkanes) is 1. The fourth-order valence-corrected chi connectivity index (χ4v) is 2.60. The van der Waals surface area contributed by atoms with Gasteiger partial charge in [0.15, 0.2) is 5.78 Å². The summed E-state index contributed by atoms with van der Waals surface area (Å²) in [6, 6.07) is 8.06. The predicted octanol–water partition coefficient (Wildman–Crippen LogP) is 4.64. The molecule has 0 bridgehead atoms. The quantitative estimate of drug-likeness (QED) is 0.733. The van der Waals surface area contributed by atoms with Crippen LogP contribution in [0, 0.1) is 0 Å². The predicted molar refractivity (Wildman–Crippen MR) is 77.2 cm³/mol. The summed E-state index contributed by atoms with van der Waals surface area (Å²) < 4.78 is 0. The monoisotopic (exact) mass is 240 g/mol. The van der Waals surface area contributed by atoms with Gasteiger partial charge in [0.2, 0.25) is 0 Å². The van der Waals surface area contributed by atoms with Crippen LogP contribution in [-0.4, -0.2) is 5.78 Å². The van der Waals surface area contributed by atoms with Gasteiger partial charge in [-0.1, -0.05) is 55.8 Å². The number of carbonyl (C=O) groups excluding carboxylic acids is 1. The van der Waals surface area contributed by atoms with Gasteiger partial charge in [0.25, 0.3) is 0 Å². The third kappa shape index (κ3) is 2.45. The largest absolute Gasteiger partial charge is 0.294 e. The number of rotatable bonds is 5. The number of hydrogen-bond donors (Lipinski definition) is 0. The highest BCUT2D eigenvalue weighted by Gasteiger charge is 2.24. The van der Waals surface area contributed by atoms with E-state index in [0.717, 1.165) is 29.5 Å². The van der Waals surface area contributed by atoms with Gasteiger partial charge in [-0.2, -0.15) is 0 Å². The van der Waals surface area contributed by atoms with Crippen molar-refractivity contribution in [3.05, 3.63) is 47.5 Å². The Morgan fingerprint density at radius 2 is 2.06 bits per heavy atom. The molecule has 0 fully saturated rings. The van der Waals surface area contributed by atoms with Crippen LogP contribution in [0.4, 0.5) is 0 Å². The van der Waals surface area contributed by atoms with Gasteiger partial charge in [0.05, 0.1) is 0 Å². The Kier molecular flexibility index (Phi) is 4.14. The van der Waals surface area contributed by atoms with E-state index in [4.69, 9.17) is 0 Å². The smallest absolute Gasteiger partial charge is 0.163 e. The van der Waals surface area contributed by atoms with Gasteiger partial charge in [-0.15, -0.1) is 0 Å². The highest BCUT2D eigenvalue weighted by atomic mass is 16.1. The van der Waals surface area contributed by atoms with Gasteiger partial charge in [0, 0.05) is 12.0 Å². The minimum absolute atomic E-state index is 0.301. The lowest BCUT2D eigenvalue weighted by molar-refractivity contribution is -0.113. The minimum Gasteiger partial charge on any atom is -0.294 e. The Balaban J connectivity index is 2.44. The molecule has 1 nitrogen and oxygen atoms in total. The fourth-order valence-electron chi connectivity index (χ4n) is 2.60. The van der Waals surface area contributed by atoms with Gasteiger partial charge < -0.3 is 0 Å². The Bertz CT molecular complexity index is 494. The van der Waals surface area contributed by atoms with Crippen LogP contribution in [0.5, 0.6) is 0 Å². The van der Waals surface area contributed by atoms with Crippen molar-refractivity contribution in [3.8, 4) is 0 Å². The van der Waals surface area contributed by atoms with E-state index in [2.05, 4.69) is 13.5 Å². The van der Waals surface area contributed by atoms with Crippen molar-refractivity contribution in [2.24, 2.45) is 0 Å². The standard InChI is InChI=1S/C17H20O/c1-3-5-8-14-11-12-16(18)17(14)15-10-7-6-9-13(15)4-2/h4,6-7,9-10H,2-3,5,8,11-12H2,1H3. The first kappa shape index (κ1) is 12.8. The van der Waals surface area contributed by atoms with Crippen LogP contribution in [0.1, 0.15) is 50.2 Å². The molecule has 0 N–H and O–H groups in total. The number of hydrogen-bond acceptors (Lipinski definition) is 1. The SMILES string of the molecule is C=Cc1ccccc1C1=C(CCCC)CCC1=O. The summed E-state index contributed by atoms with van der Waals surface area (Å²) in [5, 5.41) is 0. The average molecular weight is 240 g/mol. The zero-order valence-corrected chi connectivity index (χ0v) is 11.0. The molecule has 1 aliphatic carbocycles. The molecule has 18 heavy (non-hydrogen) atoms. The third-order valence-electron chi connectivity index (χ3n) is 3.57. The molecule has 0 unspecified atom stereocenters. The van der Waals surface area contributed by atoms with E-state index >= 15 is 0 Å². The number of Topliss-reactive ketones (excluding diaryl/α,β-unsaturated/α-hetero) is 1. The van der Waals surface area contributed by atoms with E-state index in [1.807, 2.05) is 30.3 Å². The molecule has 0 saturated heterocycles. The van der Waals surface area contributed by atoms with Gasteiger partial charge in [-0.25, -0.2) is 0 Å². The van der Waals surface area contributed by atoms with Crippen LogP contribution >= 0.6 is 0 Å². The lowest BCUT2D eigenvalue weighted by Crippen LogP contribution is -1.98. The van der Waals surface area contributed by atoms with Gasteiger partial charge in [0.1, 0.15) is 0 Å². The first-order valence-electron chi connectivity index (χ1n) is 6.75. The van der Waals surface area contributed by atoms with Crippen LogP contribution in [0.25, 0.3) is 11.6 Å². The molecular formula is C17H20O. The van der Waals surface area contributed by atoms with Crippen molar-refractivity contribution in [2.75, 3.05) is 0 Å². The van der Waals surface area contributed by atoms with E-state index < -0.39 is 0 Å². The molecule has 1 heteroatoms. The molecule has 0 spiro atoms. The molecule has 0 heterocycles. The summed E-state index contributed by atoms with van der Waals surface area (Å²) in [5.74, 6) is 0.301. The van der Waals surface area contributed by atoms with Crippen molar-refractivity contribution < 1.29 is 4.79 Å². The zero-order chi connectivity index (χ0) is 13.0. The molecule has 1 aliphatic rings. The maximum atomic E-state index is 12.1. The first-order valence-corrected chi connectivity index (χ1v) is 6.75. The molecule has 2 rings (SSSR count). The van der Waals surface area contributed by atoms with Crippen LogP contribution in [0.2, 0.25) is 0 Å². The lowest BCUT2D eigenvalue weighted by atomic mass is 9.94. The maximum Gasteiger partial charge on any atom is 0.163 e. The second kappa shape index (κ2) is 5.81. The van der Waals surface area contributed by atoms with E-state index in [9.17, 15) is 4.79 Å². The minimum atomic E-state index is 0.301. The van der Waals surface area contributed by atoms with Gasteiger partial charge in [-0.05, 0) is 30.4 Å². The van der Waals surface area contributed by atoms with Crippen molar-refractivity contribution in [3.63, 3.8) is 0 Å². The van der Waals surface area contributed by atoms with E-state index in [-0.39, 0.29) is 0 Å². The molecule has 0 aromatic heterocycles. The highest BCUT2D eigenvalue weighted by molar-refractivity contribution is 6.24. The zero-order valence-electron chi connectivity index (χ0n) is 11.0. The maximum absolute atomic E-state index is 12.1. The van der Waals surface area contributed by atoms with E-state index in [1.165, 1.54) is 18.4 Å². The molecule has 0 amide bonds. The Hall–Kier alpha value is -1.63. The van der Waals surface area contributed by atoms with Crippen LogP contribution in [0.15, 0.2) is 36.4 Å². The second-order valence-electron chi connectivity index (χ2n) is 4.80. The first-order chi connectivity index (χ1) is 8.77. The Labute approximate surface area is 109 Å². The Morgan fingerprint density at radius 1 is 1.28 bits per heavy atom. The van der Waals surface area contributed by atoms with Gasteiger partial charge >= 0.3 is 0 Å². The third-order valence-corrected chi connectivity index (χ3v) is 3.57. The fraction of sp³-hybridized carbons (Fsp3) is 0.353. The number of carbonyl (C=O) groups is 1. The van der Waals surface area contributed by atoms with E-state index in [0.29, 0.717) is 12.2 Å². The molecule has 0 radical (unpaired) electrons. The molecule has 94 valence electrons. The summed E-state index contributed by atoms with van der Waals surface area (Å²) in [6.07, 6.45) is 6.87. The van der Waals surface area contributed by atoms with Crippen molar-refractivity contribution in [1.82, 2.24) is 0 Å². The summed E-state index contributed by atoms with van der Waals surface area (Å²) >= 11 is 0. The van der Waals surface area contributed by atoms with Crippen LogP contribution in [-0.2, 0) is 4.79 Å². The summed E-state index contributed by atoms with van der Waals surface area (Å²) in [6.45, 7) is 6.03. The summed E-state index contributed by atoms with van der Waals surface area (Å²) in [5.41, 5.74) is 4.45. The topological polar surface area (TPSA) is 17.1 Å².